The highest BCUT2D eigenvalue weighted by molar-refractivity contribution is 5.79. The maximum Gasteiger partial charge on any atom is 0.235 e. The minimum absolute atomic E-state index is 0.409. The number of primary amides is 1. The van der Waals surface area contributed by atoms with Gasteiger partial charge < -0.3 is 16.4 Å². The van der Waals surface area contributed by atoms with Gasteiger partial charge in [0.2, 0.25) is 5.91 Å². The lowest BCUT2D eigenvalue weighted by Crippen LogP contribution is -2.46. The first-order chi connectivity index (χ1) is 7.11. The first-order valence-electron chi connectivity index (χ1n) is 5.89. The van der Waals surface area contributed by atoms with Crippen LogP contribution in [-0.2, 0) is 4.79 Å². The number of hydrogen-bond acceptors (Lipinski definition) is 3. The zero-order valence-corrected chi connectivity index (χ0v) is 10.0. The van der Waals surface area contributed by atoms with Gasteiger partial charge in [-0.15, -0.1) is 0 Å². The van der Waals surface area contributed by atoms with Gasteiger partial charge >= 0.3 is 0 Å². The Balaban J connectivity index is 3.92. The summed E-state index contributed by atoms with van der Waals surface area (Å²) >= 11 is 0. The fourth-order valence-electron chi connectivity index (χ4n) is 1.43. The van der Waals surface area contributed by atoms with Gasteiger partial charge in [0.05, 0.1) is 6.04 Å². The number of nitrogens with zero attached hydrogens (tertiary/aromatic N) is 1. The molecule has 4 heteroatoms. The normalized spacial score (nSPS) is 13.1. The van der Waals surface area contributed by atoms with Crippen molar-refractivity contribution in [1.82, 2.24) is 4.90 Å². The first kappa shape index (κ1) is 14.4. The maximum atomic E-state index is 10.9. The molecule has 0 saturated carbocycles. The number of carbonyl (C=O) groups excluding carboxylic acids is 1. The maximum absolute atomic E-state index is 10.9. The number of nitrogens with two attached hydrogens (primary N) is 2. The molecule has 0 aromatic rings. The van der Waals surface area contributed by atoms with Crippen LogP contribution in [-0.4, -0.2) is 36.5 Å². The van der Waals surface area contributed by atoms with Crippen LogP contribution in [0, 0.1) is 0 Å². The van der Waals surface area contributed by atoms with Crippen LogP contribution in [0.25, 0.3) is 0 Å². The van der Waals surface area contributed by atoms with E-state index in [0.29, 0.717) is 6.54 Å². The third-order valence-corrected chi connectivity index (χ3v) is 2.48. The Bertz CT molecular complexity index is 165. The zero-order chi connectivity index (χ0) is 11.7. The third kappa shape index (κ3) is 7.33. The van der Waals surface area contributed by atoms with Crippen molar-refractivity contribution >= 4 is 5.91 Å². The van der Waals surface area contributed by atoms with Crippen LogP contribution in [0.2, 0.25) is 0 Å². The molecule has 0 aromatic carbocycles. The third-order valence-electron chi connectivity index (χ3n) is 2.48. The molecule has 15 heavy (non-hydrogen) atoms. The van der Waals surface area contributed by atoms with E-state index in [2.05, 4.69) is 18.7 Å². The fraction of sp³-hybridized carbons (Fsp3) is 0.909. The molecule has 0 radical (unpaired) electrons. The van der Waals surface area contributed by atoms with Crippen molar-refractivity contribution in [2.24, 2.45) is 11.5 Å². The summed E-state index contributed by atoms with van der Waals surface area (Å²) in [4.78, 5) is 13.1. The fourth-order valence-corrected chi connectivity index (χ4v) is 1.43. The molecule has 0 aliphatic rings. The van der Waals surface area contributed by atoms with Gasteiger partial charge in [-0.2, -0.15) is 0 Å². The van der Waals surface area contributed by atoms with Gasteiger partial charge in [0.1, 0.15) is 0 Å². The topological polar surface area (TPSA) is 72.3 Å². The molecule has 0 spiro atoms. The Morgan fingerprint density at radius 1 is 1.20 bits per heavy atom. The lowest BCUT2D eigenvalue weighted by Gasteiger charge is -2.23. The van der Waals surface area contributed by atoms with E-state index in [1.807, 2.05) is 0 Å². The summed E-state index contributed by atoms with van der Waals surface area (Å²) in [6, 6.07) is -0.529. The van der Waals surface area contributed by atoms with Crippen LogP contribution in [0.3, 0.4) is 0 Å². The number of unbranched alkanes of at least 4 members (excludes halogenated alkanes) is 2. The van der Waals surface area contributed by atoms with Gasteiger partial charge in [-0.3, -0.25) is 4.79 Å². The Morgan fingerprint density at radius 3 is 2.00 bits per heavy atom. The quantitative estimate of drug-likeness (QED) is 0.594. The molecule has 90 valence electrons. The second kappa shape index (κ2) is 8.68. The van der Waals surface area contributed by atoms with Crippen LogP contribution >= 0.6 is 0 Å². The van der Waals surface area contributed by atoms with Crippen molar-refractivity contribution in [3.63, 3.8) is 0 Å². The summed E-state index contributed by atoms with van der Waals surface area (Å²) in [6.07, 6.45) is 4.62. The predicted molar refractivity (Wildman–Crippen MR) is 63.4 cm³/mol. The summed E-state index contributed by atoms with van der Waals surface area (Å²) in [7, 11) is 0. The van der Waals surface area contributed by atoms with Crippen LogP contribution in [0.5, 0.6) is 0 Å². The number of hydrogen-bond donors (Lipinski definition) is 2. The van der Waals surface area contributed by atoms with Gasteiger partial charge in [-0.1, -0.05) is 26.7 Å². The van der Waals surface area contributed by atoms with E-state index in [1.165, 1.54) is 0 Å². The molecule has 1 atom stereocenters. The molecule has 0 saturated heterocycles. The Kier molecular flexibility index (Phi) is 8.33. The van der Waals surface area contributed by atoms with E-state index < -0.39 is 11.9 Å². The standard InChI is InChI=1S/C11H25N3O/c1-3-5-7-14(8-6-4-2)9-10(12)11(13)15/h10H,3-9,12H2,1-2H3,(H2,13,15). The average Bonchev–Trinajstić information content (AvgIpc) is 2.21. The minimum atomic E-state index is -0.529. The van der Waals surface area contributed by atoms with E-state index in [9.17, 15) is 4.79 Å². The largest absolute Gasteiger partial charge is 0.368 e. The van der Waals surface area contributed by atoms with Gasteiger partial charge in [0.15, 0.2) is 0 Å². The second-order valence-corrected chi connectivity index (χ2v) is 4.02. The van der Waals surface area contributed by atoms with E-state index in [4.69, 9.17) is 11.5 Å². The van der Waals surface area contributed by atoms with E-state index in [0.717, 1.165) is 38.8 Å². The summed E-state index contributed by atoms with van der Waals surface area (Å²) in [6.45, 7) is 6.93. The smallest absolute Gasteiger partial charge is 0.235 e. The molecule has 4 nitrogen and oxygen atoms in total. The van der Waals surface area contributed by atoms with Crippen LogP contribution < -0.4 is 11.5 Å². The molecule has 0 aromatic heterocycles. The molecule has 0 bridgehead atoms. The highest BCUT2D eigenvalue weighted by Crippen LogP contribution is 1.99. The Labute approximate surface area is 93.0 Å². The Hall–Kier alpha value is -0.610. The number of amides is 1. The highest BCUT2D eigenvalue weighted by Gasteiger charge is 2.13. The van der Waals surface area contributed by atoms with Crippen molar-refractivity contribution in [2.75, 3.05) is 19.6 Å². The van der Waals surface area contributed by atoms with Crippen molar-refractivity contribution < 1.29 is 4.79 Å². The lowest BCUT2D eigenvalue weighted by molar-refractivity contribution is -0.119. The SMILES string of the molecule is CCCCN(CCCC)CC(N)C(N)=O. The van der Waals surface area contributed by atoms with Crippen LogP contribution in [0.4, 0.5) is 0 Å². The lowest BCUT2D eigenvalue weighted by atomic mass is 10.2. The minimum Gasteiger partial charge on any atom is -0.368 e. The molecule has 0 heterocycles. The second-order valence-electron chi connectivity index (χ2n) is 4.02. The molecule has 1 unspecified atom stereocenters. The summed E-state index contributed by atoms with van der Waals surface area (Å²) in [5, 5.41) is 0. The summed E-state index contributed by atoms with van der Waals surface area (Å²) < 4.78 is 0. The van der Waals surface area contributed by atoms with Gasteiger partial charge in [-0.05, 0) is 25.9 Å². The first-order valence-corrected chi connectivity index (χ1v) is 5.89. The monoisotopic (exact) mass is 215 g/mol. The number of rotatable bonds is 9. The van der Waals surface area contributed by atoms with Crippen molar-refractivity contribution in [2.45, 2.75) is 45.6 Å². The zero-order valence-electron chi connectivity index (χ0n) is 10.0. The van der Waals surface area contributed by atoms with Gasteiger partial charge in [0.25, 0.3) is 0 Å². The highest BCUT2D eigenvalue weighted by atomic mass is 16.1. The summed E-state index contributed by atoms with van der Waals surface area (Å²) in [5.41, 5.74) is 10.8. The molecule has 4 N–H and O–H groups in total. The molecular weight excluding hydrogens is 190 g/mol. The summed E-state index contributed by atoms with van der Waals surface area (Å²) in [5.74, 6) is -0.409. The average molecular weight is 215 g/mol. The van der Waals surface area contributed by atoms with E-state index in [-0.39, 0.29) is 0 Å². The molecular formula is C11H25N3O. The molecule has 1 amide bonds. The number of carbonyl (C=O) groups is 1. The van der Waals surface area contributed by atoms with E-state index >= 15 is 0 Å². The van der Waals surface area contributed by atoms with Gasteiger partial charge in [0, 0.05) is 6.54 Å². The predicted octanol–water partition coefficient (Wildman–Crippen LogP) is 0.701. The molecule has 0 aliphatic carbocycles. The molecule has 0 aliphatic heterocycles. The van der Waals surface area contributed by atoms with Crippen molar-refractivity contribution in [3.8, 4) is 0 Å². The van der Waals surface area contributed by atoms with Crippen LogP contribution in [0.15, 0.2) is 0 Å². The molecule has 0 rings (SSSR count). The molecule has 0 fully saturated rings. The van der Waals surface area contributed by atoms with Gasteiger partial charge in [-0.25, -0.2) is 0 Å². The van der Waals surface area contributed by atoms with E-state index in [1.54, 1.807) is 0 Å². The van der Waals surface area contributed by atoms with Crippen molar-refractivity contribution in [3.05, 3.63) is 0 Å². The van der Waals surface area contributed by atoms with Crippen LogP contribution in [0.1, 0.15) is 39.5 Å². The Morgan fingerprint density at radius 2 is 1.67 bits per heavy atom. The van der Waals surface area contributed by atoms with Crippen molar-refractivity contribution in [1.29, 1.82) is 0 Å².